The first-order valence-corrected chi connectivity index (χ1v) is 27.2. The maximum Gasteiger partial charge on any atom is 0.306 e. The Bertz CT molecular complexity index is 1020. The number of carbonyl (C=O) groups is 2. The molecule has 3 atom stereocenters. The highest BCUT2D eigenvalue weighted by Crippen LogP contribution is 2.18. The third-order valence-corrected chi connectivity index (χ3v) is 12.5. The zero-order valence-electron chi connectivity index (χ0n) is 41.5. The number of allylic oxidation sites excluding steroid dienone is 6. The van der Waals surface area contributed by atoms with Gasteiger partial charge in [-0.2, -0.15) is 0 Å². The molecule has 0 spiro atoms. The van der Waals surface area contributed by atoms with Crippen molar-refractivity contribution in [1.82, 2.24) is 5.32 Å². The normalized spacial score (nSPS) is 13.4. The van der Waals surface area contributed by atoms with E-state index < -0.39 is 18.2 Å². The standard InChI is InChI=1S/C56H105NO5/c1-4-7-10-13-16-19-22-25-27-28-29-31-34-37-40-43-46-49-56(61)62-52(47-44-41-38-35-32-24-21-18-15-12-9-6-3)50-55(60)57-53(51-58)54(59)48-45-42-39-36-33-30-26-23-20-17-14-11-8-5-2/h9,12,18,21,32,35,52-54,58-59H,4-8,10-11,13-17,19-20,22-31,33-34,36-51H2,1-3H3,(H,57,60)/b12-9+,21-18+,35-32+. The molecule has 0 saturated heterocycles. The molecule has 0 aromatic carbocycles. The molecule has 0 rings (SSSR count). The quantitative estimate of drug-likeness (QED) is 0.0321. The lowest BCUT2D eigenvalue weighted by Crippen LogP contribution is -2.46. The number of hydrogen-bond donors (Lipinski definition) is 3. The highest BCUT2D eigenvalue weighted by atomic mass is 16.5. The fourth-order valence-electron chi connectivity index (χ4n) is 8.39. The smallest absolute Gasteiger partial charge is 0.306 e. The molecule has 0 aromatic rings. The number of aliphatic hydroxyl groups is 2. The van der Waals surface area contributed by atoms with Gasteiger partial charge in [0.1, 0.15) is 6.10 Å². The van der Waals surface area contributed by atoms with Crippen LogP contribution >= 0.6 is 0 Å². The molecule has 0 saturated carbocycles. The van der Waals surface area contributed by atoms with E-state index in [1.54, 1.807) is 0 Å². The van der Waals surface area contributed by atoms with Gasteiger partial charge in [0.05, 0.1) is 25.2 Å². The fraction of sp³-hybridized carbons (Fsp3) is 0.857. The van der Waals surface area contributed by atoms with Gasteiger partial charge < -0.3 is 20.3 Å². The van der Waals surface area contributed by atoms with Gasteiger partial charge in [0.2, 0.25) is 5.91 Å². The second kappa shape index (κ2) is 50.1. The van der Waals surface area contributed by atoms with Crippen LogP contribution in [0.1, 0.15) is 284 Å². The van der Waals surface area contributed by atoms with Crippen LogP contribution in [0.2, 0.25) is 0 Å². The molecule has 0 bridgehead atoms. The maximum absolute atomic E-state index is 13.2. The minimum atomic E-state index is -0.795. The van der Waals surface area contributed by atoms with Crippen LogP contribution in [0.3, 0.4) is 0 Å². The predicted molar refractivity (Wildman–Crippen MR) is 269 cm³/mol. The van der Waals surface area contributed by atoms with Crippen LogP contribution in [-0.4, -0.2) is 46.9 Å². The number of aliphatic hydroxyl groups excluding tert-OH is 2. The molecule has 6 heteroatoms. The van der Waals surface area contributed by atoms with E-state index in [0.717, 1.165) is 77.0 Å². The lowest BCUT2D eigenvalue weighted by Gasteiger charge is -2.24. The number of amides is 1. The van der Waals surface area contributed by atoms with Crippen molar-refractivity contribution < 1.29 is 24.5 Å². The Hall–Kier alpha value is -1.92. The summed E-state index contributed by atoms with van der Waals surface area (Å²) in [6.07, 6.45) is 59.3. The molecule has 62 heavy (non-hydrogen) atoms. The molecule has 0 radical (unpaired) electrons. The van der Waals surface area contributed by atoms with Crippen molar-refractivity contribution >= 4 is 11.9 Å². The van der Waals surface area contributed by atoms with Crippen molar-refractivity contribution in [2.24, 2.45) is 0 Å². The van der Waals surface area contributed by atoms with Crippen LogP contribution < -0.4 is 5.32 Å². The van der Waals surface area contributed by atoms with Crippen LogP contribution in [0.5, 0.6) is 0 Å². The van der Waals surface area contributed by atoms with E-state index in [-0.39, 0.29) is 24.9 Å². The third-order valence-electron chi connectivity index (χ3n) is 12.5. The average Bonchev–Trinajstić information content (AvgIpc) is 3.26. The molecule has 0 fully saturated rings. The molecule has 3 unspecified atom stereocenters. The van der Waals surface area contributed by atoms with Gasteiger partial charge in [0.15, 0.2) is 0 Å². The minimum Gasteiger partial charge on any atom is -0.462 e. The zero-order chi connectivity index (χ0) is 45.2. The summed E-state index contributed by atoms with van der Waals surface area (Å²) in [5, 5.41) is 23.8. The summed E-state index contributed by atoms with van der Waals surface area (Å²) >= 11 is 0. The Morgan fingerprint density at radius 2 is 0.871 bits per heavy atom. The molecular formula is C56H105NO5. The minimum absolute atomic E-state index is 0.0555. The van der Waals surface area contributed by atoms with Crippen molar-refractivity contribution in [2.75, 3.05) is 6.61 Å². The van der Waals surface area contributed by atoms with Crippen LogP contribution in [0.4, 0.5) is 0 Å². The van der Waals surface area contributed by atoms with Crippen LogP contribution in [0.25, 0.3) is 0 Å². The largest absolute Gasteiger partial charge is 0.462 e. The van der Waals surface area contributed by atoms with Crippen LogP contribution in [0, 0.1) is 0 Å². The SMILES string of the molecule is CC/C=C/C/C=C/C/C=C/CCCCC(CC(=O)NC(CO)C(O)CCCCCCCCCCCCCCCC)OC(=O)CCCCCCCCCCCCCCCCCCC. The number of ether oxygens (including phenoxy) is 1. The molecule has 364 valence electrons. The van der Waals surface area contributed by atoms with E-state index in [1.165, 1.54) is 161 Å². The van der Waals surface area contributed by atoms with Gasteiger partial charge in [-0.1, -0.05) is 250 Å². The lowest BCUT2D eigenvalue weighted by molar-refractivity contribution is -0.151. The van der Waals surface area contributed by atoms with E-state index in [0.29, 0.717) is 19.3 Å². The Labute approximate surface area is 385 Å². The molecule has 0 aliphatic carbocycles. The highest BCUT2D eigenvalue weighted by Gasteiger charge is 2.24. The maximum atomic E-state index is 13.2. The highest BCUT2D eigenvalue weighted by molar-refractivity contribution is 5.77. The molecule has 0 aliphatic rings. The van der Waals surface area contributed by atoms with E-state index in [1.807, 2.05) is 0 Å². The fourth-order valence-corrected chi connectivity index (χ4v) is 8.39. The van der Waals surface area contributed by atoms with Gasteiger partial charge in [0.25, 0.3) is 0 Å². The molecule has 0 aromatic heterocycles. The first-order chi connectivity index (χ1) is 30.5. The summed E-state index contributed by atoms with van der Waals surface area (Å²) in [6, 6.07) is -0.711. The van der Waals surface area contributed by atoms with Crippen LogP contribution in [-0.2, 0) is 14.3 Å². The lowest BCUT2D eigenvalue weighted by atomic mass is 10.0. The van der Waals surface area contributed by atoms with E-state index in [9.17, 15) is 19.8 Å². The summed E-state index contributed by atoms with van der Waals surface area (Å²) in [5.41, 5.74) is 0. The average molecular weight is 872 g/mol. The molecular weight excluding hydrogens is 767 g/mol. The topological polar surface area (TPSA) is 95.9 Å². The molecule has 3 N–H and O–H groups in total. The number of nitrogens with one attached hydrogen (secondary N) is 1. The number of rotatable bonds is 49. The number of esters is 1. The van der Waals surface area contributed by atoms with Crippen LogP contribution in [0.15, 0.2) is 36.5 Å². The van der Waals surface area contributed by atoms with Crippen molar-refractivity contribution in [3.05, 3.63) is 36.5 Å². The van der Waals surface area contributed by atoms with E-state index >= 15 is 0 Å². The van der Waals surface area contributed by atoms with Crippen molar-refractivity contribution in [3.8, 4) is 0 Å². The summed E-state index contributed by atoms with van der Waals surface area (Å²) in [7, 11) is 0. The Morgan fingerprint density at radius 1 is 0.484 bits per heavy atom. The van der Waals surface area contributed by atoms with Gasteiger partial charge in [-0.3, -0.25) is 9.59 Å². The number of carbonyl (C=O) groups excluding carboxylic acids is 2. The third kappa shape index (κ3) is 44.7. The van der Waals surface area contributed by atoms with Crippen molar-refractivity contribution in [3.63, 3.8) is 0 Å². The second-order valence-electron chi connectivity index (χ2n) is 18.6. The van der Waals surface area contributed by atoms with Gasteiger partial charge in [0, 0.05) is 6.42 Å². The molecule has 0 heterocycles. The second-order valence-corrected chi connectivity index (χ2v) is 18.6. The van der Waals surface area contributed by atoms with Crippen molar-refractivity contribution in [2.45, 2.75) is 302 Å². The van der Waals surface area contributed by atoms with Gasteiger partial charge in [-0.15, -0.1) is 0 Å². The van der Waals surface area contributed by atoms with Gasteiger partial charge >= 0.3 is 5.97 Å². The Balaban J connectivity index is 4.52. The summed E-state index contributed by atoms with van der Waals surface area (Å²) in [5.74, 6) is -0.499. The molecule has 1 amide bonds. The number of hydrogen-bond acceptors (Lipinski definition) is 5. The summed E-state index contributed by atoms with van der Waals surface area (Å²) in [4.78, 5) is 26.2. The first kappa shape index (κ1) is 60.1. The summed E-state index contributed by atoms with van der Waals surface area (Å²) < 4.78 is 5.93. The Kier molecular flexibility index (Phi) is 48.5. The Morgan fingerprint density at radius 3 is 1.31 bits per heavy atom. The van der Waals surface area contributed by atoms with E-state index in [4.69, 9.17) is 4.74 Å². The monoisotopic (exact) mass is 872 g/mol. The molecule has 0 aliphatic heterocycles. The zero-order valence-corrected chi connectivity index (χ0v) is 41.5. The molecule has 6 nitrogen and oxygen atoms in total. The predicted octanol–water partition coefficient (Wildman–Crippen LogP) is 16.5. The van der Waals surface area contributed by atoms with Gasteiger partial charge in [-0.05, 0) is 57.8 Å². The van der Waals surface area contributed by atoms with E-state index in [2.05, 4.69) is 62.5 Å². The summed E-state index contributed by atoms with van der Waals surface area (Å²) in [6.45, 7) is 6.38. The first-order valence-electron chi connectivity index (χ1n) is 27.2. The number of unbranched alkanes of at least 4 members (excludes halogenated alkanes) is 31. The van der Waals surface area contributed by atoms with Gasteiger partial charge in [-0.25, -0.2) is 0 Å². The van der Waals surface area contributed by atoms with Crippen molar-refractivity contribution in [1.29, 1.82) is 0 Å².